The molecule has 0 aliphatic carbocycles. The van der Waals surface area contributed by atoms with Gasteiger partial charge in [-0.3, -0.25) is 0 Å². The highest BCUT2D eigenvalue weighted by molar-refractivity contribution is 8.86. The predicted molar refractivity (Wildman–Crippen MR) is 120 cm³/mol. The van der Waals surface area contributed by atoms with Crippen molar-refractivity contribution in [2.24, 2.45) is 0 Å². The first-order valence-corrected chi connectivity index (χ1v) is 13.9. The lowest BCUT2D eigenvalue weighted by Gasteiger charge is -2.16. The molecule has 1 nitrogen and oxygen atoms in total. The highest BCUT2D eigenvalue weighted by Gasteiger charge is 2.13. The maximum absolute atomic E-state index is 6.29. The molecule has 2 aromatic rings. The molecule has 0 fully saturated rings. The van der Waals surface area contributed by atoms with Crippen LogP contribution in [0.15, 0.2) is 70.5 Å². The van der Waals surface area contributed by atoms with Gasteiger partial charge in [-0.25, -0.2) is 0 Å². The van der Waals surface area contributed by atoms with Crippen molar-refractivity contribution in [2.45, 2.75) is 68.1 Å². The van der Waals surface area contributed by atoms with Crippen molar-refractivity contribution in [1.29, 1.82) is 0 Å². The van der Waals surface area contributed by atoms with Crippen LogP contribution in [0.1, 0.15) is 58.3 Å². The molecule has 0 radical (unpaired) electrons. The van der Waals surface area contributed by atoms with E-state index in [4.69, 9.17) is 4.52 Å². The van der Waals surface area contributed by atoms with Crippen LogP contribution in [0, 0.1) is 0 Å². The zero-order chi connectivity index (χ0) is 18.3. The molecule has 0 amide bonds. The molecule has 0 heterocycles. The van der Waals surface area contributed by atoms with Gasteiger partial charge in [0.05, 0.1) is 6.61 Å². The van der Waals surface area contributed by atoms with Gasteiger partial charge < -0.3 is 4.52 Å². The second-order valence-corrected chi connectivity index (χ2v) is 12.1. The summed E-state index contributed by atoms with van der Waals surface area (Å²) in [6, 6.07) is 21.2. The minimum atomic E-state index is -0.612. The Hall–Kier alpha value is -0.470. The summed E-state index contributed by atoms with van der Waals surface area (Å²) in [4.78, 5) is 2.58. The van der Waals surface area contributed by atoms with E-state index in [-0.39, 0.29) is 0 Å². The first kappa shape index (κ1) is 21.8. The number of rotatable bonds is 14. The first-order valence-electron chi connectivity index (χ1n) is 9.77. The molecule has 0 bridgehead atoms. The van der Waals surface area contributed by atoms with E-state index in [0.717, 1.165) is 6.61 Å². The van der Waals surface area contributed by atoms with Gasteiger partial charge in [0.15, 0.2) is 6.55 Å². The average molecular weight is 407 g/mol. The third-order valence-corrected chi connectivity index (χ3v) is 9.83. The summed E-state index contributed by atoms with van der Waals surface area (Å²) in [5.74, 6) is 0. The maximum atomic E-state index is 6.29. The molecule has 0 aliphatic heterocycles. The van der Waals surface area contributed by atoms with E-state index in [1.54, 1.807) is 0 Å². The Morgan fingerprint density at radius 1 is 0.654 bits per heavy atom. The monoisotopic (exact) mass is 406 g/mol. The number of benzene rings is 2. The Morgan fingerprint density at radius 2 is 1.12 bits per heavy atom. The summed E-state index contributed by atoms with van der Waals surface area (Å²) in [6.45, 7) is 2.54. The van der Waals surface area contributed by atoms with Gasteiger partial charge in [0.2, 0.25) is 0 Å². The highest BCUT2D eigenvalue weighted by Crippen LogP contribution is 2.66. The molecule has 0 atom stereocenters. The molecule has 0 saturated carbocycles. The Bertz CT molecular complexity index is 523. The third kappa shape index (κ3) is 10.0. The van der Waals surface area contributed by atoms with E-state index in [1.807, 2.05) is 22.8 Å². The molecular formula is C22H31OPS2. The molecule has 142 valence electrons. The topological polar surface area (TPSA) is 9.23 Å². The smallest absolute Gasteiger partial charge is 0.161 e. The van der Waals surface area contributed by atoms with Crippen molar-refractivity contribution in [3.63, 3.8) is 0 Å². The zero-order valence-electron chi connectivity index (χ0n) is 15.8. The molecule has 0 aliphatic rings. The summed E-state index contributed by atoms with van der Waals surface area (Å²) in [5, 5.41) is 0. The van der Waals surface area contributed by atoms with E-state index in [9.17, 15) is 0 Å². The Morgan fingerprint density at radius 3 is 1.62 bits per heavy atom. The molecule has 2 aromatic carbocycles. The van der Waals surface area contributed by atoms with Crippen LogP contribution in [0.5, 0.6) is 0 Å². The third-order valence-electron chi connectivity index (χ3n) is 4.04. The van der Waals surface area contributed by atoms with Crippen LogP contribution in [0.25, 0.3) is 0 Å². The number of hydrogen-bond acceptors (Lipinski definition) is 3. The molecule has 0 spiro atoms. The van der Waals surface area contributed by atoms with Crippen molar-refractivity contribution in [1.82, 2.24) is 0 Å². The molecule has 0 N–H and O–H groups in total. The van der Waals surface area contributed by atoms with Crippen LogP contribution in [-0.4, -0.2) is 6.61 Å². The fraction of sp³-hybridized carbons (Fsp3) is 0.455. The lowest BCUT2D eigenvalue weighted by molar-refractivity contribution is 0.348. The molecule has 0 unspecified atom stereocenters. The highest BCUT2D eigenvalue weighted by atomic mass is 33.1. The van der Waals surface area contributed by atoms with E-state index in [0.29, 0.717) is 0 Å². The van der Waals surface area contributed by atoms with Crippen molar-refractivity contribution in [3.8, 4) is 0 Å². The van der Waals surface area contributed by atoms with Gasteiger partial charge in [0, 0.05) is 9.79 Å². The second kappa shape index (κ2) is 14.6. The van der Waals surface area contributed by atoms with Crippen LogP contribution in [-0.2, 0) is 4.52 Å². The van der Waals surface area contributed by atoms with Crippen molar-refractivity contribution in [2.75, 3.05) is 6.61 Å². The largest absolute Gasteiger partial charge is 0.339 e. The van der Waals surface area contributed by atoms with Crippen LogP contribution in [0.3, 0.4) is 0 Å². The van der Waals surface area contributed by atoms with Crippen LogP contribution >= 0.6 is 29.3 Å². The van der Waals surface area contributed by atoms with Gasteiger partial charge in [-0.2, -0.15) is 0 Å². The number of unbranched alkanes of at least 4 members (excludes halogenated alkanes) is 7. The van der Waals surface area contributed by atoms with Crippen molar-refractivity contribution < 1.29 is 4.52 Å². The van der Waals surface area contributed by atoms with Crippen LogP contribution < -0.4 is 0 Å². The van der Waals surface area contributed by atoms with Crippen molar-refractivity contribution in [3.05, 3.63) is 60.7 Å². The standard InChI is InChI=1S/C22H31OPS2/c1-2-3-4-5-6-7-8-15-20-23-24(25-21-16-11-9-12-17-21)26-22-18-13-10-14-19-22/h9-14,16-19H,2-8,15,20H2,1H3. The molecular weight excluding hydrogens is 375 g/mol. The zero-order valence-corrected chi connectivity index (χ0v) is 18.3. The maximum Gasteiger partial charge on any atom is 0.161 e. The van der Waals surface area contributed by atoms with Gasteiger partial charge in [0.25, 0.3) is 0 Å². The predicted octanol–water partition coefficient (Wildman–Crippen LogP) is 8.96. The lowest BCUT2D eigenvalue weighted by Crippen LogP contribution is -1.88. The van der Waals surface area contributed by atoms with Crippen LogP contribution in [0.2, 0.25) is 0 Å². The summed E-state index contributed by atoms with van der Waals surface area (Å²) < 4.78 is 6.29. The van der Waals surface area contributed by atoms with Crippen LogP contribution in [0.4, 0.5) is 0 Å². The van der Waals surface area contributed by atoms with Gasteiger partial charge in [-0.1, -0.05) is 111 Å². The molecule has 26 heavy (non-hydrogen) atoms. The fourth-order valence-electron chi connectivity index (χ4n) is 2.58. The minimum Gasteiger partial charge on any atom is -0.339 e. The van der Waals surface area contributed by atoms with Gasteiger partial charge in [0.1, 0.15) is 0 Å². The summed E-state index contributed by atoms with van der Waals surface area (Å²) in [5.41, 5.74) is 0. The summed E-state index contributed by atoms with van der Waals surface area (Å²) in [6.07, 6.45) is 10.7. The Balaban J connectivity index is 1.70. The number of hydrogen-bond donors (Lipinski definition) is 0. The first-order chi connectivity index (χ1) is 12.9. The van der Waals surface area contributed by atoms with Gasteiger partial charge in [-0.15, -0.1) is 0 Å². The quantitative estimate of drug-likeness (QED) is 0.229. The molecule has 0 aromatic heterocycles. The fourth-order valence-corrected chi connectivity index (χ4v) is 8.43. The van der Waals surface area contributed by atoms with Gasteiger partial charge >= 0.3 is 0 Å². The Kier molecular flexibility index (Phi) is 12.2. The normalized spacial score (nSPS) is 11.2. The molecule has 0 saturated heterocycles. The SMILES string of the molecule is CCCCCCCCCCOP(Sc1ccccc1)Sc1ccccc1. The van der Waals surface area contributed by atoms with E-state index in [1.165, 1.54) is 61.2 Å². The van der Waals surface area contributed by atoms with Gasteiger partial charge in [-0.05, 0) is 30.7 Å². The van der Waals surface area contributed by atoms with E-state index >= 15 is 0 Å². The summed E-state index contributed by atoms with van der Waals surface area (Å²) >= 11 is 3.73. The second-order valence-electron chi connectivity index (χ2n) is 6.34. The minimum absolute atomic E-state index is 0.612. The van der Waals surface area contributed by atoms with E-state index in [2.05, 4.69) is 67.6 Å². The average Bonchev–Trinajstić information content (AvgIpc) is 2.68. The summed E-state index contributed by atoms with van der Waals surface area (Å²) in [7, 11) is 0. The van der Waals surface area contributed by atoms with Crippen molar-refractivity contribution >= 4 is 29.3 Å². The lowest BCUT2D eigenvalue weighted by atomic mass is 10.1. The molecule has 2 rings (SSSR count). The molecule has 4 heteroatoms. The van der Waals surface area contributed by atoms with E-state index < -0.39 is 6.55 Å². The Labute approximate surface area is 169 Å².